The third-order valence-corrected chi connectivity index (χ3v) is 4.52. The lowest BCUT2D eigenvalue weighted by molar-refractivity contribution is -0.116. The number of nitrogens with zero attached hydrogens (tertiary/aromatic N) is 1. The Hall–Kier alpha value is -2.62. The molecule has 1 aromatic carbocycles. The van der Waals surface area contributed by atoms with E-state index in [1.54, 1.807) is 6.08 Å². The molecule has 1 aromatic heterocycles. The summed E-state index contributed by atoms with van der Waals surface area (Å²) in [4.78, 5) is 16.0. The molecule has 1 heterocycles. The molecule has 2 rings (SSSR count). The average molecular weight is 395 g/mol. The van der Waals surface area contributed by atoms with E-state index in [1.807, 2.05) is 36.4 Å². The van der Waals surface area contributed by atoms with Gasteiger partial charge in [-0.25, -0.2) is 4.98 Å². The Morgan fingerprint density at radius 1 is 1.03 bits per heavy atom. The lowest BCUT2D eigenvalue weighted by atomic mass is 10.1. The van der Waals surface area contributed by atoms with Crippen LogP contribution in [0.1, 0.15) is 52.4 Å². The van der Waals surface area contributed by atoms with Crippen molar-refractivity contribution in [3.63, 3.8) is 0 Å². The molecule has 0 spiro atoms. The van der Waals surface area contributed by atoms with Crippen LogP contribution in [0.5, 0.6) is 5.88 Å². The van der Waals surface area contributed by atoms with Gasteiger partial charge in [0.2, 0.25) is 11.8 Å². The summed E-state index contributed by atoms with van der Waals surface area (Å²) in [6.45, 7) is 5.60. The zero-order valence-corrected chi connectivity index (χ0v) is 17.8. The molecule has 0 aliphatic rings. The maximum atomic E-state index is 11.5. The van der Waals surface area contributed by atoms with Crippen LogP contribution in [0.25, 0.3) is 10.9 Å². The normalized spacial score (nSPS) is 11.7. The Bertz CT molecular complexity index is 796. The Balaban J connectivity index is 1.46. The molecule has 4 heteroatoms. The maximum Gasteiger partial charge on any atom is 0.243 e. The third kappa shape index (κ3) is 9.93. The first-order valence-corrected chi connectivity index (χ1v) is 10.7. The van der Waals surface area contributed by atoms with Gasteiger partial charge in [0.1, 0.15) is 0 Å². The van der Waals surface area contributed by atoms with Crippen molar-refractivity contribution in [2.75, 3.05) is 13.2 Å². The van der Waals surface area contributed by atoms with Gasteiger partial charge in [-0.1, -0.05) is 69.5 Å². The van der Waals surface area contributed by atoms with Crippen LogP contribution in [0.2, 0.25) is 0 Å². The number of benzene rings is 1. The second kappa shape index (κ2) is 13.5. The lowest BCUT2D eigenvalue weighted by Crippen LogP contribution is -2.25. The molecule has 0 saturated carbocycles. The minimum Gasteiger partial charge on any atom is -0.478 e. The van der Waals surface area contributed by atoms with Gasteiger partial charge in [0, 0.05) is 24.1 Å². The van der Waals surface area contributed by atoms with Crippen molar-refractivity contribution >= 4 is 16.8 Å². The monoisotopic (exact) mass is 394 g/mol. The van der Waals surface area contributed by atoms with Crippen molar-refractivity contribution in [1.82, 2.24) is 10.3 Å². The van der Waals surface area contributed by atoms with Gasteiger partial charge in [-0.05, 0) is 37.3 Å². The average Bonchev–Trinajstić information content (AvgIpc) is 2.73. The quantitative estimate of drug-likeness (QED) is 0.264. The zero-order chi connectivity index (χ0) is 20.7. The van der Waals surface area contributed by atoms with E-state index in [-0.39, 0.29) is 5.91 Å². The highest BCUT2D eigenvalue weighted by Crippen LogP contribution is 2.16. The molecule has 0 atom stereocenters. The topological polar surface area (TPSA) is 51.2 Å². The predicted molar refractivity (Wildman–Crippen MR) is 121 cm³/mol. The number of carbonyl (C=O) groups excluding carboxylic acids is 1. The molecule has 29 heavy (non-hydrogen) atoms. The van der Waals surface area contributed by atoms with Crippen molar-refractivity contribution in [2.45, 2.75) is 52.4 Å². The molecule has 1 amide bonds. The number of ether oxygens (including phenoxy) is 1. The Kier molecular flexibility index (Phi) is 10.6. The van der Waals surface area contributed by atoms with Gasteiger partial charge in [0.15, 0.2) is 0 Å². The minimum absolute atomic E-state index is 0.0236. The number of pyridine rings is 1. The van der Waals surface area contributed by atoms with Crippen molar-refractivity contribution in [3.8, 4) is 5.88 Å². The minimum atomic E-state index is -0.0236. The van der Waals surface area contributed by atoms with Gasteiger partial charge in [-0.3, -0.25) is 4.79 Å². The number of allylic oxidation sites excluding steroid dienone is 3. The Morgan fingerprint density at radius 3 is 2.69 bits per heavy atom. The highest BCUT2D eigenvalue weighted by atomic mass is 16.5. The van der Waals surface area contributed by atoms with Crippen LogP contribution in [0.4, 0.5) is 0 Å². The standard InChI is InChI=1S/C25H34N2O2/c1-21(2)20-26-24(28)16-10-8-6-4-3-5-7-9-13-19-29-25-18-17-22-14-11-12-15-23(22)27-25/h6,8,10-12,14-18,21H,3-5,7,9,13,19-20H2,1-2H3,(H,26,28). The number of rotatable bonds is 13. The van der Waals surface area contributed by atoms with E-state index in [0.717, 1.165) is 36.9 Å². The number of hydrogen-bond donors (Lipinski definition) is 1. The molecule has 0 aliphatic heterocycles. The Morgan fingerprint density at radius 2 is 1.83 bits per heavy atom. The summed E-state index contributed by atoms with van der Waals surface area (Å²) >= 11 is 0. The number of amides is 1. The summed E-state index contributed by atoms with van der Waals surface area (Å²) in [6, 6.07) is 12.1. The molecular weight excluding hydrogens is 360 g/mol. The van der Waals surface area contributed by atoms with Crippen molar-refractivity contribution in [1.29, 1.82) is 0 Å². The molecule has 0 fully saturated rings. The van der Waals surface area contributed by atoms with Crippen LogP contribution in [-0.2, 0) is 4.79 Å². The van der Waals surface area contributed by atoms with E-state index in [4.69, 9.17) is 4.74 Å². The molecule has 0 radical (unpaired) electrons. The summed E-state index contributed by atoms with van der Waals surface area (Å²) in [5.41, 5.74) is 0.976. The highest BCUT2D eigenvalue weighted by Gasteiger charge is 1.99. The van der Waals surface area contributed by atoms with E-state index in [1.165, 1.54) is 25.7 Å². The van der Waals surface area contributed by atoms with Crippen LogP contribution in [0.3, 0.4) is 0 Å². The summed E-state index contributed by atoms with van der Waals surface area (Å²) in [5.74, 6) is 1.16. The molecule has 4 nitrogen and oxygen atoms in total. The predicted octanol–water partition coefficient (Wildman–Crippen LogP) is 5.84. The number of unbranched alkanes of at least 4 members (excludes halogenated alkanes) is 5. The number of nitrogens with one attached hydrogen (secondary N) is 1. The van der Waals surface area contributed by atoms with Crippen LogP contribution in [0, 0.1) is 5.92 Å². The number of carbonyl (C=O) groups is 1. The molecule has 0 unspecified atom stereocenters. The van der Waals surface area contributed by atoms with E-state index in [9.17, 15) is 4.79 Å². The summed E-state index contributed by atoms with van der Waals surface area (Å²) in [7, 11) is 0. The third-order valence-electron chi connectivity index (χ3n) is 4.52. The summed E-state index contributed by atoms with van der Waals surface area (Å²) < 4.78 is 5.77. The first-order chi connectivity index (χ1) is 14.1. The largest absolute Gasteiger partial charge is 0.478 e. The molecule has 0 aliphatic carbocycles. The first kappa shape index (κ1) is 22.7. The second-order valence-corrected chi connectivity index (χ2v) is 7.67. The van der Waals surface area contributed by atoms with E-state index in [2.05, 4.69) is 42.4 Å². The fourth-order valence-electron chi connectivity index (χ4n) is 2.88. The zero-order valence-electron chi connectivity index (χ0n) is 17.8. The second-order valence-electron chi connectivity index (χ2n) is 7.67. The van der Waals surface area contributed by atoms with Crippen LogP contribution in [0.15, 0.2) is 60.7 Å². The fourth-order valence-corrected chi connectivity index (χ4v) is 2.88. The van der Waals surface area contributed by atoms with Gasteiger partial charge in [0.05, 0.1) is 12.1 Å². The van der Waals surface area contributed by atoms with Crippen molar-refractivity contribution < 1.29 is 9.53 Å². The van der Waals surface area contributed by atoms with Crippen LogP contribution >= 0.6 is 0 Å². The van der Waals surface area contributed by atoms with Gasteiger partial charge >= 0.3 is 0 Å². The smallest absolute Gasteiger partial charge is 0.243 e. The molecule has 0 bridgehead atoms. The molecule has 156 valence electrons. The van der Waals surface area contributed by atoms with Gasteiger partial charge in [-0.15, -0.1) is 0 Å². The van der Waals surface area contributed by atoms with E-state index >= 15 is 0 Å². The Labute approximate surface area is 175 Å². The number of para-hydroxylation sites is 1. The van der Waals surface area contributed by atoms with Gasteiger partial charge < -0.3 is 10.1 Å². The van der Waals surface area contributed by atoms with Gasteiger partial charge in [0.25, 0.3) is 0 Å². The van der Waals surface area contributed by atoms with Crippen LogP contribution in [-0.4, -0.2) is 24.0 Å². The summed E-state index contributed by atoms with van der Waals surface area (Å²) in [6.07, 6.45) is 14.4. The molecule has 1 N–H and O–H groups in total. The number of aromatic nitrogens is 1. The van der Waals surface area contributed by atoms with Crippen molar-refractivity contribution in [3.05, 3.63) is 60.7 Å². The molecular formula is C25H34N2O2. The number of hydrogen-bond acceptors (Lipinski definition) is 3. The SMILES string of the molecule is CC(C)CNC(=O)C=CC=CCCCCCCCOc1ccc2ccccc2n1. The maximum absolute atomic E-state index is 11.5. The fraction of sp³-hybridized carbons (Fsp3) is 0.440. The lowest BCUT2D eigenvalue weighted by Gasteiger charge is -2.06. The number of fused-ring (bicyclic) bond motifs is 1. The van der Waals surface area contributed by atoms with E-state index < -0.39 is 0 Å². The highest BCUT2D eigenvalue weighted by molar-refractivity contribution is 5.87. The molecule has 0 saturated heterocycles. The van der Waals surface area contributed by atoms with Gasteiger partial charge in [-0.2, -0.15) is 0 Å². The molecule has 2 aromatic rings. The first-order valence-electron chi connectivity index (χ1n) is 10.7. The summed E-state index contributed by atoms with van der Waals surface area (Å²) in [5, 5.41) is 4.00. The van der Waals surface area contributed by atoms with Crippen molar-refractivity contribution in [2.24, 2.45) is 5.92 Å². The van der Waals surface area contributed by atoms with Crippen LogP contribution < -0.4 is 10.1 Å². The van der Waals surface area contributed by atoms with E-state index in [0.29, 0.717) is 11.8 Å².